The summed E-state index contributed by atoms with van der Waals surface area (Å²) in [5.74, 6) is -0.959. The SMILES string of the molecule is CC[C@H](C(=O)NC)N(Cc1ccc(Cl)c(Cl)c1)C(=O)CN(c1cccc(Cl)c1)S(=O)(=O)c1ccc(C)cc1. The highest BCUT2D eigenvalue weighted by molar-refractivity contribution is 7.92. The van der Waals surface area contributed by atoms with E-state index in [0.29, 0.717) is 27.1 Å². The Bertz CT molecular complexity index is 1420. The Labute approximate surface area is 238 Å². The van der Waals surface area contributed by atoms with Crippen molar-refractivity contribution in [3.63, 3.8) is 0 Å². The van der Waals surface area contributed by atoms with Gasteiger partial charge in [-0.2, -0.15) is 0 Å². The molecule has 1 N–H and O–H groups in total. The molecule has 0 saturated carbocycles. The summed E-state index contributed by atoms with van der Waals surface area (Å²) in [5.41, 5.74) is 1.73. The van der Waals surface area contributed by atoms with Crippen molar-refractivity contribution in [3.05, 3.63) is 92.9 Å². The van der Waals surface area contributed by atoms with Gasteiger partial charge in [-0.25, -0.2) is 8.42 Å². The van der Waals surface area contributed by atoms with Gasteiger partial charge < -0.3 is 10.2 Å². The Morgan fingerprint density at radius 1 is 0.947 bits per heavy atom. The number of hydrogen-bond donors (Lipinski definition) is 1. The van der Waals surface area contributed by atoms with E-state index in [1.807, 2.05) is 6.92 Å². The Kier molecular flexibility index (Phi) is 10.1. The van der Waals surface area contributed by atoms with E-state index in [1.165, 1.54) is 30.1 Å². The average molecular weight is 597 g/mol. The van der Waals surface area contributed by atoms with E-state index in [1.54, 1.807) is 55.5 Å². The lowest BCUT2D eigenvalue weighted by atomic mass is 10.1. The first-order chi connectivity index (χ1) is 18.0. The number of carbonyl (C=O) groups is 2. The number of benzene rings is 3. The number of rotatable bonds is 10. The molecule has 0 aliphatic rings. The van der Waals surface area contributed by atoms with E-state index in [-0.39, 0.29) is 23.0 Å². The molecule has 11 heteroatoms. The molecule has 7 nitrogen and oxygen atoms in total. The van der Waals surface area contributed by atoms with Crippen LogP contribution in [0.5, 0.6) is 0 Å². The second kappa shape index (κ2) is 12.8. The van der Waals surface area contributed by atoms with Gasteiger partial charge in [-0.3, -0.25) is 13.9 Å². The second-order valence-electron chi connectivity index (χ2n) is 8.61. The molecule has 0 fully saturated rings. The number of nitrogens with zero attached hydrogens (tertiary/aromatic N) is 2. The molecule has 0 heterocycles. The highest BCUT2D eigenvalue weighted by Gasteiger charge is 2.33. The van der Waals surface area contributed by atoms with E-state index in [4.69, 9.17) is 34.8 Å². The quantitative estimate of drug-likeness (QED) is 0.325. The predicted molar refractivity (Wildman–Crippen MR) is 152 cm³/mol. The normalized spacial score (nSPS) is 12.1. The topological polar surface area (TPSA) is 86.8 Å². The number of aryl methyl sites for hydroxylation is 1. The zero-order valence-electron chi connectivity index (χ0n) is 21.1. The number of halogens is 3. The Balaban J connectivity index is 2.07. The molecule has 0 unspecified atom stereocenters. The van der Waals surface area contributed by atoms with Crippen molar-refractivity contribution < 1.29 is 18.0 Å². The fourth-order valence-electron chi connectivity index (χ4n) is 3.92. The van der Waals surface area contributed by atoms with Gasteiger partial charge in [0, 0.05) is 18.6 Å². The van der Waals surface area contributed by atoms with Crippen molar-refractivity contribution in [2.45, 2.75) is 37.8 Å². The molecule has 0 aromatic heterocycles. The first-order valence-electron chi connectivity index (χ1n) is 11.8. The van der Waals surface area contributed by atoms with E-state index in [2.05, 4.69) is 5.32 Å². The van der Waals surface area contributed by atoms with Crippen LogP contribution in [0.15, 0.2) is 71.6 Å². The maximum atomic E-state index is 13.9. The van der Waals surface area contributed by atoms with Crippen molar-refractivity contribution in [2.75, 3.05) is 17.9 Å². The van der Waals surface area contributed by atoms with Crippen molar-refractivity contribution in [1.82, 2.24) is 10.2 Å². The van der Waals surface area contributed by atoms with Crippen molar-refractivity contribution >= 4 is 62.3 Å². The van der Waals surface area contributed by atoms with Crippen LogP contribution in [-0.4, -0.2) is 44.8 Å². The second-order valence-corrected chi connectivity index (χ2v) is 11.7. The molecule has 2 amide bonds. The van der Waals surface area contributed by atoms with Gasteiger partial charge in [0.25, 0.3) is 10.0 Å². The third-order valence-corrected chi connectivity index (χ3v) is 8.72. The lowest BCUT2D eigenvalue weighted by Gasteiger charge is -2.33. The van der Waals surface area contributed by atoms with E-state index < -0.39 is 28.5 Å². The molecule has 0 aliphatic heterocycles. The minimum absolute atomic E-state index is 0.00954. The molecule has 38 heavy (non-hydrogen) atoms. The monoisotopic (exact) mass is 595 g/mol. The number of sulfonamides is 1. The summed E-state index contributed by atoms with van der Waals surface area (Å²) in [6, 6.07) is 16.6. The van der Waals surface area contributed by atoms with Gasteiger partial charge in [0.05, 0.1) is 20.6 Å². The molecule has 202 valence electrons. The van der Waals surface area contributed by atoms with Crippen LogP contribution < -0.4 is 9.62 Å². The van der Waals surface area contributed by atoms with Gasteiger partial charge in [0.1, 0.15) is 12.6 Å². The minimum atomic E-state index is -4.17. The zero-order chi connectivity index (χ0) is 28.0. The van der Waals surface area contributed by atoms with Crippen LogP contribution in [0.25, 0.3) is 0 Å². The summed E-state index contributed by atoms with van der Waals surface area (Å²) in [6.07, 6.45) is 0.300. The largest absolute Gasteiger partial charge is 0.357 e. The van der Waals surface area contributed by atoms with Crippen LogP contribution in [0.4, 0.5) is 5.69 Å². The van der Waals surface area contributed by atoms with E-state index in [9.17, 15) is 18.0 Å². The Morgan fingerprint density at radius 2 is 1.63 bits per heavy atom. The fourth-order valence-corrected chi connectivity index (χ4v) is 5.83. The number of hydrogen-bond acceptors (Lipinski definition) is 4. The maximum Gasteiger partial charge on any atom is 0.264 e. The zero-order valence-corrected chi connectivity index (χ0v) is 24.2. The van der Waals surface area contributed by atoms with Gasteiger partial charge in [-0.05, 0) is 61.4 Å². The standard InChI is InChI=1S/C27H28Cl3N3O4S/c1-4-25(27(35)31-3)32(16-19-10-13-23(29)24(30)14-19)26(34)17-33(21-7-5-6-20(28)15-21)38(36,37)22-11-8-18(2)9-12-22/h5-15,25H,4,16-17H2,1-3H3,(H,31,35)/t25-/m1/s1. The molecular weight excluding hydrogens is 569 g/mol. The highest BCUT2D eigenvalue weighted by atomic mass is 35.5. The smallest absolute Gasteiger partial charge is 0.264 e. The molecule has 0 spiro atoms. The number of amides is 2. The predicted octanol–water partition coefficient (Wildman–Crippen LogP) is 5.70. The number of carbonyl (C=O) groups excluding carboxylic acids is 2. The summed E-state index contributed by atoms with van der Waals surface area (Å²) in [7, 11) is -2.69. The van der Waals surface area contributed by atoms with Crippen LogP contribution in [0.1, 0.15) is 24.5 Å². The fraction of sp³-hybridized carbons (Fsp3) is 0.259. The number of anilines is 1. The molecule has 0 saturated heterocycles. The molecule has 1 atom stereocenters. The first-order valence-corrected chi connectivity index (χ1v) is 14.3. The third kappa shape index (κ3) is 6.99. The molecule has 0 bridgehead atoms. The first kappa shape index (κ1) is 29.8. The van der Waals surface area contributed by atoms with Crippen LogP contribution in [0, 0.1) is 6.92 Å². The Morgan fingerprint density at radius 3 is 2.21 bits per heavy atom. The lowest BCUT2D eigenvalue weighted by molar-refractivity contribution is -0.140. The summed E-state index contributed by atoms with van der Waals surface area (Å²) < 4.78 is 28.6. The summed E-state index contributed by atoms with van der Waals surface area (Å²) >= 11 is 18.4. The molecule has 0 aliphatic carbocycles. The van der Waals surface area contributed by atoms with Crippen molar-refractivity contribution in [2.24, 2.45) is 0 Å². The molecule has 3 aromatic rings. The molecule has 0 radical (unpaired) electrons. The number of nitrogens with one attached hydrogen (secondary N) is 1. The van der Waals surface area contributed by atoms with Gasteiger partial charge in [-0.15, -0.1) is 0 Å². The third-order valence-electron chi connectivity index (χ3n) is 5.95. The molecular formula is C27H28Cl3N3O4S. The van der Waals surface area contributed by atoms with Crippen LogP contribution in [0.2, 0.25) is 15.1 Å². The van der Waals surface area contributed by atoms with Crippen molar-refractivity contribution in [3.8, 4) is 0 Å². The van der Waals surface area contributed by atoms with Gasteiger partial charge >= 0.3 is 0 Å². The molecule has 3 aromatic carbocycles. The summed E-state index contributed by atoms with van der Waals surface area (Å²) in [6.45, 7) is 3.06. The Hall–Kier alpha value is -2.78. The van der Waals surface area contributed by atoms with E-state index in [0.717, 1.165) is 9.87 Å². The number of likely N-dealkylation sites (N-methyl/N-ethyl adjacent to an activating group) is 1. The van der Waals surface area contributed by atoms with Gasteiger partial charge in [-0.1, -0.05) is 71.6 Å². The highest BCUT2D eigenvalue weighted by Crippen LogP contribution is 2.28. The van der Waals surface area contributed by atoms with Crippen LogP contribution in [0.3, 0.4) is 0 Å². The van der Waals surface area contributed by atoms with Crippen molar-refractivity contribution in [1.29, 1.82) is 0 Å². The summed E-state index contributed by atoms with van der Waals surface area (Å²) in [5, 5.41) is 3.54. The molecule has 3 rings (SSSR count). The lowest BCUT2D eigenvalue weighted by Crippen LogP contribution is -2.51. The van der Waals surface area contributed by atoms with Crippen LogP contribution in [-0.2, 0) is 26.2 Å². The van der Waals surface area contributed by atoms with Gasteiger partial charge in [0.15, 0.2) is 0 Å². The van der Waals surface area contributed by atoms with Crippen LogP contribution >= 0.6 is 34.8 Å². The van der Waals surface area contributed by atoms with Gasteiger partial charge in [0.2, 0.25) is 11.8 Å². The summed E-state index contributed by atoms with van der Waals surface area (Å²) in [4.78, 5) is 28.0. The minimum Gasteiger partial charge on any atom is -0.357 e. The van der Waals surface area contributed by atoms with E-state index >= 15 is 0 Å². The maximum absolute atomic E-state index is 13.9. The average Bonchev–Trinajstić information content (AvgIpc) is 2.89.